The van der Waals surface area contributed by atoms with Gasteiger partial charge in [0.25, 0.3) is 0 Å². The summed E-state index contributed by atoms with van der Waals surface area (Å²) >= 11 is 1.53. The summed E-state index contributed by atoms with van der Waals surface area (Å²) in [5, 5.41) is 3.86. The van der Waals surface area contributed by atoms with Crippen LogP contribution < -0.4 is 10.2 Å². The maximum atomic E-state index is 12.7. The molecule has 4 rings (SSSR count). The van der Waals surface area contributed by atoms with Crippen LogP contribution in [-0.2, 0) is 16.0 Å². The number of aryl methyl sites for hydroxylation is 2. The molecule has 1 fully saturated rings. The second kappa shape index (κ2) is 8.05. The number of anilines is 2. The number of hydrogen-bond acceptors (Lipinski definition) is 5. The normalized spacial score (nSPS) is 13.4. The van der Waals surface area contributed by atoms with Crippen LogP contribution in [0.4, 0.5) is 16.2 Å². The number of amides is 2. The van der Waals surface area contributed by atoms with Gasteiger partial charge in [0.2, 0.25) is 5.91 Å². The third-order valence-corrected chi connectivity index (χ3v) is 5.62. The van der Waals surface area contributed by atoms with E-state index in [1.165, 1.54) is 16.9 Å². The Morgan fingerprint density at radius 3 is 2.72 bits per heavy atom. The van der Waals surface area contributed by atoms with E-state index in [2.05, 4.69) is 10.3 Å². The van der Waals surface area contributed by atoms with E-state index in [0.717, 1.165) is 21.1 Å². The van der Waals surface area contributed by atoms with Gasteiger partial charge in [0, 0.05) is 21.8 Å². The molecule has 3 aromatic rings. The number of rotatable bonds is 5. The lowest BCUT2D eigenvalue weighted by Crippen LogP contribution is -2.23. The summed E-state index contributed by atoms with van der Waals surface area (Å²) in [6, 6.07) is 15.4. The van der Waals surface area contributed by atoms with Crippen LogP contribution >= 0.6 is 11.3 Å². The predicted octanol–water partition coefficient (Wildman–Crippen LogP) is 4.56. The topological polar surface area (TPSA) is 71.5 Å². The summed E-state index contributed by atoms with van der Waals surface area (Å²) in [6.07, 6.45) is -0.124. The van der Waals surface area contributed by atoms with Gasteiger partial charge in [0.05, 0.1) is 23.7 Å². The Kier molecular flexibility index (Phi) is 5.31. The standard InChI is InChI=1S/C22H21N3O3S/c1-14-6-8-16(9-7-14)21-19(29-15(2)23-21)13-20(26)24-17-4-3-5-18(12-17)25-10-11-28-22(25)27/h3-9,12H,10-11,13H2,1-2H3,(H,24,26). The average molecular weight is 407 g/mol. The highest BCUT2D eigenvalue weighted by atomic mass is 32.1. The van der Waals surface area contributed by atoms with E-state index < -0.39 is 0 Å². The quantitative estimate of drug-likeness (QED) is 0.673. The Morgan fingerprint density at radius 2 is 2.00 bits per heavy atom. The largest absolute Gasteiger partial charge is 0.447 e. The minimum atomic E-state index is -0.364. The molecule has 0 atom stereocenters. The number of carbonyl (C=O) groups is 2. The van der Waals surface area contributed by atoms with Gasteiger partial charge in [-0.25, -0.2) is 9.78 Å². The smallest absolute Gasteiger partial charge is 0.414 e. The van der Waals surface area contributed by atoms with Crippen molar-refractivity contribution >= 4 is 34.7 Å². The van der Waals surface area contributed by atoms with E-state index in [4.69, 9.17) is 4.74 Å². The SMILES string of the molecule is Cc1ccc(-c2nc(C)sc2CC(=O)Nc2cccc(N3CCOC3=O)c2)cc1. The van der Waals surface area contributed by atoms with Crippen molar-refractivity contribution in [2.75, 3.05) is 23.4 Å². The fourth-order valence-corrected chi connectivity index (χ4v) is 4.21. The number of carbonyl (C=O) groups excluding carboxylic acids is 2. The molecular weight excluding hydrogens is 386 g/mol. The summed E-state index contributed by atoms with van der Waals surface area (Å²) in [5.74, 6) is -0.122. The maximum Gasteiger partial charge on any atom is 0.414 e. The highest BCUT2D eigenvalue weighted by Crippen LogP contribution is 2.29. The van der Waals surface area contributed by atoms with Gasteiger partial charge in [0.15, 0.2) is 0 Å². The highest BCUT2D eigenvalue weighted by molar-refractivity contribution is 7.12. The summed E-state index contributed by atoms with van der Waals surface area (Å²) in [6.45, 7) is 4.88. The lowest BCUT2D eigenvalue weighted by Gasteiger charge is -2.14. The van der Waals surface area contributed by atoms with E-state index in [9.17, 15) is 9.59 Å². The van der Waals surface area contributed by atoms with E-state index in [0.29, 0.717) is 24.5 Å². The van der Waals surface area contributed by atoms with Gasteiger partial charge in [-0.3, -0.25) is 9.69 Å². The molecule has 1 aliphatic heterocycles. The summed E-state index contributed by atoms with van der Waals surface area (Å²) in [7, 11) is 0. The van der Waals surface area contributed by atoms with Crippen LogP contribution in [0.15, 0.2) is 48.5 Å². The van der Waals surface area contributed by atoms with Crippen molar-refractivity contribution < 1.29 is 14.3 Å². The Hall–Kier alpha value is -3.19. The number of ether oxygens (including phenoxy) is 1. The molecule has 1 aliphatic rings. The monoisotopic (exact) mass is 407 g/mol. The molecule has 29 heavy (non-hydrogen) atoms. The Balaban J connectivity index is 1.50. The Morgan fingerprint density at radius 1 is 1.21 bits per heavy atom. The Labute approximate surface area is 173 Å². The van der Waals surface area contributed by atoms with Crippen LogP contribution in [0.25, 0.3) is 11.3 Å². The lowest BCUT2D eigenvalue weighted by atomic mass is 10.1. The van der Waals surface area contributed by atoms with Crippen molar-refractivity contribution in [3.63, 3.8) is 0 Å². The number of aromatic nitrogens is 1. The number of nitrogens with zero attached hydrogens (tertiary/aromatic N) is 2. The van der Waals surface area contributed by atoms with Crippen molar-refractivity contribution in [1.29, 1.82) is 0 Å². The maximum absolute atomic E-state index is 12.7. The first kappa shape index (κ1) is 19.1. The first-order valence-electron chi connectivity index (χ1n) is 9.37. The molecule has 0 spiro atoms. The van der Waals surface area contributed by atoms with Crippen LogP contribution in [0.1, 0.15) is 15.4 Å². The van der Waals surface area contributed by atoms with Gasteiger partial charge in [0.1, 0.15) is 6.61 Å². The number of nitrogens with one attached hydrogen (secondary N) is 1. The molecule has 2 amide bonds. The molecular formula is C22H21N3O3S. The first-order chi connectivity index (χ1) is 14.0. The minimum Gasteiger partial charge on any atom is -0.447 e. The van der Waals surface area contributed by atoms with Gasteiger partial charge in [-0.05, 0) is 32.0 Å². The molecule has 6 nitrogen and oxygen atoms in total. The van der Waals surface area contributed by atoms with Crippen LogP contribution in [0.5, 0.6) is 0 Å². The van der Waals surface area contributed by atoms with Crippen LogP contribution in [0.2, 0.25) is 0 Å². The molecule has 0 saturated carbocycles. The van der Waals surface area contributed by atoms with Gasteiger partial charge >= 0.3 is 6.09 Å². The van der Waals surface area contributed by atoms with Crippen LogP contribution in [0, 0.1) is 13.8 Å². The summed E-state index contributed by atoms with van der Waals surface area (Å²) < 4.78 is 4.98. The van der Waals surface area contributed by atoms with Crippen molar-refractivity contribution in [1.82, 2.24) is 4.98 Å². The molecule has 0 aliphatic carbocycles. The molecule has 2 aromatic carbocycles. The molecule has 0 bridgehead atoms. The van der Waals surface area contributed by atoms with Crippen molar-refractivity contribution in [3.8, 4) is 11.3 Å². The van der Waals surface area contributed by atoms with Crippen molar-refractivity contribution in [2.24, 2.45) is 0 Å². The second-order valence-corrected chi connectivity index (χ2v) is 8.20. The molecule has 1 aromatic heterocycles. The average Bonchev–Trinajstić information content (AvgIpc) is 3.28. The highest BCUT2D eigenvalue weighted by Gasteiger charge is 2.23. The molecule has 148 valence electrons. The molecule has 1 N–H and O–H groups in total. The van der Waals surface area contributed by atoms with Crippen LogP contribution in [-0.4, -0.2) is 30.1 Å². The number of benzene rings is 2. The Bertz CT molecular complexity index is 1060. The summed E-state index contributed by atoms with van der Waals surface area (Å²) in [5.41, 5.74) is 4.40. The van der Waals surface area contributed by atoms with Crippen molar-refractivity contribution in [3.05, 3.63) is 64.0 Å². The van der Waals surface area contributed by atoms with E-state index in [-0.39, 0.29) is 18.4 Å². The zero-order valence-corrected chi connectivity index (χ0v) is 17.1. The third kappa shape index (κ3) is 4.30. The van der Waals surface area contributed by atoms with Crippen molar-refractivity contribution in [2.45, 2.75) is 20.3 Å². The second-order valence-electron chi connectivity index (χ2n) is 6.91. The third-order valence-electron chi connectivity index (χ3n) is 4.65. The fraction of sp³-hybridized carbons (Fsp3) is 0.227. The zero-order chi connectivity index (χ0) is 20.4. The van der Waals surface area contributed by atoms with Gasteiger partial charge < -0.3 is 10.1 Å². The molecule has 1 saturated heterocycles. The molecule has 0 radical (unpaired) electrons. The fourth-order valence-electron chi connectivity index (χ4n) is 3.26. The first-order valence-corrected chi connectivity index (χ1v) is 10.2. The van der Waals surface area contributed by atoms with E-state index in [1.807, 2.05) is 56.3 Å². The number of cyclic esters (lactones) is 1. The minimum absolute atomic E-state index is 0.122. The predicted molar refractivity (Wildman–Crippen MR) is 114 cm³/mol. The molecule has 0 unspecified atom stereocenters. The summed E-state index contributed by atoms with van der Waals surface area (Å²) in [4.78, 5) is 31.6. The van der Waals surface area contributed by atoms with E-state index >= 15 is 0 Å². The van der Waals surface area contributed by atoms with Gasteiger partial charge in [-0.2, -0.15) is 0 Å². The van der Waals surface area contributed by atoms with Gasteiger partial charge in [-0.1, -0.05) is 35.9 Å². The number of thiazole rings is 1. The van der Waals surface area contributed by atoms with Crippen LogP contribution in [0.3, 0.4) is 0 Å². The molecule has 2 heterocycles. The van der Waals surface area contributed by atoms with Gasteiger partial charge in [-0.15, -0.1) is 11.3 Å². The molecule has 7 heteroatoms. The zero-order valence-electron chi connectivity index (χ0n) is 16.3. The number of hydrogen-bond donors (Lipinski definition) is 1. The lowest BCUT2D eigenvalue weighted by molar-refractivity contribution is -0.115. The van der Waals surface area contributed by atoms with E-state index in [1.54, 1.807) is 11.0 Å².